The summed E-state index contributed by atoms with van der Waals surface area (Å²) < 4.78 is 0. The molecule has 2 rings (SSSR count). The topological polar surface area (TPSA) is 71.1 Å². The maximum atomic E-state index is 11.8. The van der Waals surface area contributed by atoms with Gasteiger partial charge in [-0.15, -0.1) is 0 Å². The lowest BCUT2D eigenvalue weighted by atomic mass is 10.3. The number of hydrogen-bond donors (Lipinski definition) is 2. The molecule has 0 spiro atoms. The van der Waals surface area contributed by atoms with Crippen molar-refractivity contribution in [1.29, 1.82) is 0 Å². The van der Waals surface area contributed by atoms with Gasteiger partial charge in [0.15, 0.2) is 0 Å². The highest BCUT2D eigenvalue weighted by Gasteiger charge is 2.16. The summed E-state index contributed by atoms with van der Waals surface area (Å²) in [5.41, 5.74) is 0.855. The highest BCUT2D eigenvalue weighted by atomic mass is 35.5. The van der Waals surface area contributed by atoms with Crippen molar-refractivity contribution in [2.24, 2.45) is 0 Å². The molecule has 0 saturated heterocycles. The van der Waals surface area contributed by atoms with Crippen molar-refractivity contribution in [3.63, 3.8) is 0 Å². The molecule has 5 nitrogen and oxygen atoms in total. The van der Waals surface area contributed by atoms with Gasteiger partial charge >= 0.3 is 11.8 Å². The second-order valence-electron chi connectivity index (χ2n) is 4.05. The maximum Gasteiger partial charge on any atom is 0.313 e. The second-order valence-corrected chi connectivity index (χ2v) is 4.87. The Labute approximate surface area is 131 Å². The molecule has 108 valence electrons. The first-order valence-electron chi connectivity index (χ1n) is 6.01. The van der Waals surface area contributed by atoms with Crippen LogP contribution in [-0.4, -0.2) is 16.8 Å². The molecule has 0 atom stereocenters. The number of halogens is 2. The molecule has 7 heteroatoms. The van der Waals surface area contributed by atoms with Crippen LogP contribution in [0.2, 0.25) is 10.0 Å². The number of nitrogens with one attached hydrogen (secondary N) is 2. The normalized spacial score (nSPS) is 10.0. The van der Waals surface area contributed by atoms with Crippen LogP contribution in [0.3, 0.4) is 0 Å². The van der Waals surface area contributed by atoms with Crippen molar-refractivity contribution >= 4 is 40.7 Å². The standard InChI is InChI=1S/C14H11Cl2N3O2/c15-10-5-3-6-11(16)12(10)19-14(21)13(20)18-8-9-4-1-2-7-17-9/h1-7H,8H2,(H,18,20)(H,19,21). The molecule has 21 heavy (non-hydrogen) atoms. The summed E-state index contributed by atoms with van der Waals surface area (Å²) in [5.74, 6) is -1.64. The number of rotatable bonds is 3. The van der Waals surface area contributed by atoms with Gasteiger partial charge in [0.1, 0.15) is 0 Å². The third-order valence-electron chi connectivity index (χ3n) is 2.56. The van der Waals surface area contributed by atoms with E-state index in [0.29, 0.717) is 5.69 Å². The molecule has 2 aromatic rings. The molecule has 0 aliphatic heterocycles. The van der Waals surface area contributed by atoms with Crippen LogP contribution in [0, 0.1) is 0 Å². The lowest BCUT2D eigenvalue weighted by Gasteiger charge is -2.09. The number of carbonyl (C=O) groups excluding carboxylic acids is 2. The van der Waals surface area contributed by atoms with Gasteiger partial charge in [-0.3, -0.25) is 14.6 Å². The number of pyridine rings is 1. The van der Waals surface area contributed by atoms with E-state index in [2.05, 4.69) is 15.6 Å². The van der Waals surface area contributed by atoms with Crippen LogP contribution in [0.15, 0.2) is 42.6 Å². The van der Waals surface area contributed by atoms with Gasteiger partial charge in [-0.05, 0) is 24.3 Å². The van der Waals surface area contributed by atoms with E-state index in [4.69, 9.17) is 23.2 Å². The predicted octanol–water partition coefficient (Wildman–Crippen LogP) is 2.64. The SMILES string of the molecule is O=C(NCc1ccccn1)C(=O)Nc1c(Cl)cccc1Cl. The van der Waals surface area contributed by atoms with E-state index in [1.165, 1.54) is 0 Å². The average molecular weight is 324 g/mol. The van der Waals surface area contributed by atoms with Gasteiger partial charge < -0.3 is 10.6 Å². The number of hydrogen-bond acceptors (Lipinski definition) is 3. The third-order valence-corrected chi connectivity index (χ3v) is 3.19. The Morgan fingerprint density at radius 2 is 1.71 bits per heavy atom. The highest BCUT2D eigenvalue weighted by Crippen LogP contribution is 2.29. The summed E-state index contributed by atoms with van der Waals surface area (Å²) >= 11 is 11.8. The molecule has 0 fully saturated rings. The fraction of sp³-hybridized carbons (Fsp3) is 0.0714. The number of anilines is 1. The molecule has 1 aromatic heterocycles. The molecule has 0 aliphatic rings. The van der Waals surface area contributed by atoms with Gasteiger partial charge in [0, 0.05) is 6.20 Å². The molecule has 0 bridgehead atoms. The minimum atomic E-state index is -0.846. The van der Waals surface area contributed by atoms with E-state index in [-0.39, 0.29) is 22.3 Å². The lowest BCUT2D eigenvalue weighted by Crippen LogP contribution is -2.35. The molecule has 0 radical (unpaired) electrons. The van der Waals surface area contributed by atoms with Crippen LogP contribution in [-0.2, 0) is 16.1 Å². The van der Waals surface area contributed by atoms with E-state index in [1.54, 1.807) is 42.6 Å². The van der Waals surface area contributed by atoms with Crippen molar-refractivity contribution in [1.82, 2.24) is 10.3 Å². The Morgan fingerprint density at radius 3 is 2.33 bits per heavy atom. The molecule has 0 unspecified atom stereocenters. The van der Waals surface area contributed by atoms with Gasteiger partial charge in [-0.1, -0.05) is 35.3 Å². The van der Waals surface area contributed by atoms with Crippen LogP contribution in [0.5, 0.6) is 0 Å². The number of amides is 2. The van der Waals surface area contributed by atoms with Crippen LogP contribution < -0.4 is 10.6 Å². The number of benzene rings is 1. The summed E-state index contributed by atoms with van der Waals surface area (Å²) in [6.45, 7) is 0.156. The Balaban J connectivity index is 1.96. The van der Waals surface area contributed by atoms with Crippen LogP contribution in [0.1, 0.15) is 5.69 Å². The molecule has 1 heterocycles. The monoisotopic (exact) mass is 323 g/mol. The Bertz CT molecular complexity index is 642. The van der Waals surface area contributed by atoms with Crippen molar-refractivity contribution in [2.45, 2.75) is 6.54 Å². The van der Waals surface area contributed by atoms with Crippen molar-refractivity contribution in [3.8, 4) is 0 Å². The van der Waals surface area contributed by atoms with E-state index < -0.39 is 11.8 Å². The van der Waals surface area contributed by atoms with Crippen molar-refractivity contribution in [2.75, 3.05) is 5.32 Å². The van der Waals surface area contributed by atoms with E-state index in [1.807, 2.05) is 0 Å². The first kappa shape index (κ1) is 15.3. The number of para-hydroxylation sites is 1. The average Bonchev–Trinajstić information content (AvgIpc) is 2.49. The maximum absolute atomic E-state index is 11.8. The van der Waals surface area contributed by atoms with E-state index in [0.717, 1.165) is 0 Å². The lowest BCUT2D eigenvalue weighted by molar-refractivity contribution is -0.136. The van der Waals surface area contributed by atoms with Gasteiger partial charge in [0.2, 0.25) is 0 Å². The number of carbonyl (C=O) groups is 2. The first-order valence-corrected chi connectivity index (χ1v) is 6.76. The zero-order valence-corrected chi connectivity index (χ0v) is 12.3. The van der Waals surface area contributed by atoms with Gasteiger partial charge in [-0.2, -0.15) is 0 Å². The zero-order valence-electron chi connectivity index (χ0n) is 10.8. The summed E-state index contributed by atoms with van der Waals surface area (Å²) in [4.78, 5) is 27.5. The van der Waals surface area contributed by atoms with Gasteiger partial charge in [0.05, 0.1) is 28.0 Å². The van der Waals surface area contributed by atoms with Gasteiger partial charge in [-0.25, -0.2) is 0 Å². The Kier molecular flexibility index (Phi) is 5.14. The summed E-state index contributed by atoms with van der Waals surface area (Å²) in [6, 6.07) is 10.1. The molecule has 2 amide bonds. The number of aromatic nitrogens is 1. The molecule has 1 aromatic carbocycles. The molecular formula is C14H11Cl2N3O2. The second kappa shape index (κ2) is 7.06. The fourth-order valence-electron chi connectivity index (χ4n) is 1.54. The Hall–Kier alpha value is -2.11. The third kappa shape index (κ3) is 4.18. The van der Waals surface area contributed by atoms with E-state index in [9.17, 15) is 9.59 Å². The van der Waals surface area contributed by atoms with Gasteiger partial charge in [0.25, 0.3) is 0 Å². The quantitative estimate of drug-likeness (QED) is 0.853. The molecule has 0 aliphatic carbocycles. The molecule has 2 N–H and O–H groups in total. The Morgan fingerprint density at radius 1 is 1.00 bits per heavy atom. The largest absolute Gasteiger partial charge is 0.342 e. The molecular weight excluding hydrogens is 313 g/mol. The van der Waals surface area contributed by atoms with Crippen LogP contribution in [0.4, 0.5) is 5.69 Å². The van der Waals surface area contributed by atoms with Crippen molar-refractivity contribution in [3.05, 3.63) is 58.3 Å². The van der Waals surface area contributed by atoms with Crippen molar-refractivity contribution < 1.29 is 9.59 Å². The number of nitrogens with zero attached hydrogens (tertiary/aromatic N) is 1. The minimum absolute atomic E-state index is 0.156. The summed E-state index contributed by atoms with van der Waals surface area (Å²) in [6.07, 6.45) is 1.60. The predicted molar refractivity (Wildman–Crippen MR) is 81.2 cm³/mol. The fourth-order valence-corrected chi connectivity index (χ4v) is 2.03. The highest BCUT2D eigenvalue weighted by molar-refractivity contribution is 6.44. The van der Waals surface area contributed by atoms with Crippen LogP contribution >= 0.6 is 23.2 Å². The van der Waals surface area contributed by atoms with Crippen LogP contribution in [0.25, 0.3) is 0 Å². The summed E-state index contributed by atoms with van der Waals surface area (Å²) in [5, 5.41) is 5.35. The molecule has 0 saturated carbocycles. The van der Waals surface area contributed by atoms with E-state index >= 15 is 0 Å². The smallest absolute Gasteiger partial charge is 0.313 e. The zero-order chi connectivity index (χ0) is 15.2. The first-order chi connectivity index (χ1) is 10.1. The summed E-state index contributed by atoms with van der Waals surface area (Å²) in [7, 11) is 0. The minimum Gasteiger partial charge on any atom is -0.342 e.